The Balaban J connectivity index is 2.21. The molecule has 0 amide bonds. The van der Waals surface area contributed by atoms with Gasteiger partial charge in [0.15, 0.2) is 5.65 Å². The minimum absolute atomic E-state index is 0.607. The van der Waals surface area contributed by atoms with Crippen molar-refractivity contribution >= 4 is 17.2 Å². The number of halogens is 1. The first kappa shape index (κ1) is 12.2. The summed E-state index contributed by atoms with van der Waals surface area (Å²) in [7, 11) is 0. The molecule has 2 heterocycles. The summed E-state index contributed by atoms with van der Waals surface area (Å²) in [4.78, 5) is 4.68. The van der Waals surface area contributed by atoms with Crippen molar-refractivity contribution in [3.8, 4) is 11.1 Å². The van der Waals surface area contributed by atoms with Gasteiger partial charge in [0.2, 0.25) is 0 Å². The maximum absolute atomic E-state index is 6.26. The minimum Gasteiger partial charge on any atom is -0.233 e. The number of aromatic nitrogens is 3. The lowest BCUT2D eigenvalue weighted by Crippen LogP contribution is -1.97. The van der Waals surface area contributed by atoms with Crippen molar-refractivity contribution in [2.45, 2.75) is 19.8 Å². The molecule has 3 aromatic rings. The molecule has 19 heavy (non-hydrogen) atoms. The second kappa shape index (κ2) is 5.02. The predicted molar refractivity (Wildman–Crippen MR) is 77.4 cm³/mol. The highest BCUT2D eigenvalue weighted by atomic mass is 35.5. The van der Waals surface area contributed by atoms with Gasteiger partial charge in [-0.2, -0.15) is 5.10 Å². The summed E-state index contributed by atoms with van der Waals surface area (Å²) in [6.45, 7) is 2.13. The van der Waals surface area contributed by atoms with Gasteiger partial charge in [-0.15, -0.1) is 0 Å². The summed E-state index contributed by atoms with van der Waals surface area (Å²) >= 11 is 6.26. The molecule has 4 heteroatoms. The molecule has 0 unspecified atom stereocenters. The summed E-state index contributed by atoms with van der Waals surface area (Å²) < 4.78 is 1.68. The quantitative estimate of drug-likeness (QED) is 0.674. The van der Waals surface area contributed by atoms with Gasteiger partial charge in [0.1, 0.15) is 5.15 Å². The van der Waals surface area contributed by atoms with E-state index in [1.807, 2.05) is 30.5 Å². The van der Waals surface area contributed by atoms with Crippen LogP contribution in [0.3, 0.4) is 0 Å². The monoisotopic (exact) mass is 271 g/mol. The Hall–Kier alpha value is -1.87. The smallest absolute Gasteiger partial charge is 0.164 e. The van der Waals surface area contributed by atoms with Crippen LogP contribution in [0, 0.1) is 0 Å². The average Bonchev–Trinajstić information content (AvgIpc) is 2.84. The van der Waals surface area contributed by atoms with E-state index in [1.54, 1.807) is 4.52 Å². The molecule has 1 aromatic carbocycles. The van der Waals surface area contributed by atoms with Crippen molar-refractivity contribution in [3.05, 3.63) is 53.4 Å². The van der Waals surface area contributed by atoms with Crippen LogP contribution in [0.15, 0.2) is 42.6 Å². The molecule has 0 saturated heterocycles. The fourth-order valence-electron chi connectivity index (χ4n) is 2.18. The summed E-state index contributed by atoms with van der Waals surface area (Å²) in [5.74, 6) is 0. The van der Waals surface area contributed by atoms with Gasteiger partial charge < -0.3 is 0 Å². The zero-order valence-corrected chi connectivity index (χ0v) is 11.4. The Bertz CT molecular complexity index is 704. The first-order chi connectivity index (χ1) is 9.29. The average molecular weight is 272 g/mol. The van der Waals surface area contributed by atoms with Crippen LogP contribution >= 0.6 is 11.6 Å². The van der Waals surface area contributed by atoms with E-state index in [0.29, 0.717) is 5.15 Å². The van der Waals surface area contributed by atoms with Crippen LogP contribution < -0.4 is 0 Å². The van der Waals surface area contributed by atoms with Gasteiger partial charge in [-0.25, -0.2) is 9.50 Å². The highest BCUT2D eigenvalue weighted by Crippen LogP contribution is 2.25. The fraction of sp³-hybridized carbons (Fsp3) is 0.200. The van der Waals surface area contributed by atoms with Gasteiger partial charge in [0, 0.05) is 11.3 Å². The van der Waals surface area contributed by atoms with Crippen LogP contribution in [-0.2, 0) is 6.42 Å². The van der Waals surface area contributed by atoms with Crippen LogP contribution in [0.2, 0.25) is 5.15 Å². The Kier molecular flexibility index (Phi) is 3.22. The molecule has 3 rings (SSSR count). The van der Waals surface area contributed by atoms with Crippen LogP contribution in [-0.4, -0.2) is 14.6 Å². The maximum Gasteiger partial charge on any atom is 0.164 e. The first-order valence-electron chi connectivity index (χ1n) is 6.38. The van der Waals surface area contributed by atoms with E-state index in [0.717, 1.165) is 35.3 Å². The molecule has 0 saturated carbocycles. The Labute approximate surface area is 116 Å². The molecule has 0 fully saturated rings. The lowest BCUT2D eigenvalue weighted by atomic mass is 10.1. The normalized spacial score (nSPS) is 11.1. The maximum atomic E-state index is 6.26. The number of hydrogen-bond donors (Lipinski definition) is 0. The molecule has 0 atom stereocenters. The Morgan fingerprint density at radius 1 is 1.21 bits per heavy atom. The number of fused-ring (bicyclic) bond motifs is 1. The van der Waals surface area contributed by atoms with E-state index in [4.69, 9.17) is 11.6 Å². The van der Waals surface area contributed by atoms with E-state index in [9.17, 15) is 0 Å². The zero-order valence-electron chi connectivity index (χ0n) is 10.7. The van der Waals surface area contributed by atoms with Crippen LogP contribution in [0.1, 0.15) is 19.0 Å². The van der Waals surface area contributed by atoms with Gasteiger partial charge in [0.25, 0.3) is 0 Å². The molecular formula is C15H14ClN3. The van der Waals surface area contributed by atoms with Gasteiger partial charge >= 0.3 is 0 Å². The van der Waals surface area contributed by atoms with Crippen molar-refractivity contribution in [3.63, 3.8) is 0 Å². The minimum atomic E-state index is 0.607. The van der Waals surface area contributed by atoms with E-state index in [-0.39, 0.29) is 0 Å². The van der Waals surface area contributed by atoms with Gasteiger partial charge in [-0.3, -0.25) is 0 Å². The number of rotatable bonds is 3. The Morgan fingerprint density at radius 3 is 2.74 bits per heavy atom. The van der Waals surface area contributed by atoms with Crippen LogP contribution in [0.5, 0.6) is 0 Å². The Morgan fingerprint density at radius 2 is 2.00 bits per heavy atom. The molecule has 3 nitrogen and oxygen atoms in total. The molecule has 0 aliphatic heterocycles. The second-order valence-corrected chi connectivity index (χ2v) is 4.87. The number of aryl methyl sites for hydroxylation is 1. The van der Waals surface area contributed by atoms with Gasteiger partial charge in [0.05, 0.1) is 6.20 Å². The highest BCUT2D eigenvalue weighted by molar-refractivity contribution is 6.29. The first-order valence-corrected chi connectivity index (χ1v) is 6.76. The molecule has 0 aliphatic carbocycles. The van der Waals surface area contributed by atoms with E-state index in [2.05, 4.69) is 29.1 Å². The lowest BCUT2D eigenvalue weighted by molar-refractivity contribution is 0.858. The fourth-order valence-corrected chi connectivity index (χ4v) is 2.43. The number of hydrogen-bond acceptors (Lipinski definition) is 2. The SMILES string of the molecule is CCCc1cc(Cl)n2ncc(-c3ccccc3)c2n1. The predicted octanol–water partition coefficient (Wildman–Crippen LogP) is 4.00. The molecule has 0 aliphatic rings. The second-order valence-electron chi connectivity index (χ2n) is 4.48. The van der Waals surface area contributed by atoms with Crippen LogP contribution in [0.4, 0.5) is 0 Å². The highest BCUT2D eigenvalue weighted by Gasteiger charge is 2.11. The molecule has 0 N–H and O–H groups in total. The zero-order chi connectivity index (χ0) is 13.2. The number of benzene rings is 1. The van der Waals surface area contributed by atoms with Crippen LogP contribution in [0.25, 0.3) is 16.8 Å². The molecule has 0 radical (unpaired) electrons. The largest absolute Gasteiger partial charge is 0.233 e. The van der Waals surface area contributed by atoms with Gasteiger partial charge in [-0.1, -0.05) is 55.3 Å². The molecule has 0 bridgehead atoms. The molecule has 2 aromatic heterocycles. The van der Waals surface area contributed by atoms with E-state index >= 15 is 0 Å². The summed E-state index contributed by atoms with van der Waals surface area (Å²) in [6.07, 6.45) is 3.79. The van der Waals surface area contributed by atoms with Crippen molar-refractivity contribution in [1.29, 1.82) is 0 Å². The number of nitrogens with zero attached hydrogens (tertiary/aromatic N) is 3. The van der Waals surface area contributed by atoms with Crippen molar-refractivity contribution < 1.29 is 0 Å². The van der Waals surface area contributed by atoms with E-state index in [1.165, 1.54) is 0 Å². The van der Waals surface area contributed by atoms with Crippen molar-refractivity contribution in [2.75, 3.05) is 0 Å². The summed E-state index contributed by atoms with van der Waals surface area (Å²) in [6, 6.07) is 12.0. The standard InChI is InChI=1S/C15H14ClN3/c1-2-6-12-9-14(16)19-15(18-12)13(10-17-19)11-7-4-3-5-8-11/h3-5,7-10H,2,6H2,1H3. The van der Waals surface area contributed by atoms with Crippen molar-refractivity contribution in [1.82, 2.24) is 14.6 Å². The summed E-state index contributed by atoms with van der Waals surface area (Å²) in [5, 5.41) is 4.93. The van der Waals surface area contributed by atoms with Crippen molar-refractivity contribution in [2.24, 2.45) is 0 Å². The molecule has 0 spiro atoms. The topological polar surface area (TPSA) is 30.2 Å². The third-order valence-corrected chi connectivity index (χ3v) is 3.34. The molecule has 96 valence electrons. The van der Waals surface area contributed by atoms with Gasteiger partial charge in [-0.05, 0) is 18.1 Å². The lowest BCUT2D eigenvalue weighted by Gasteiger charge is -2.03. The third kappa shape index (κ3) is 2.22. The molecular weight excluding hydrogens is 258 g/mol. The summed E-state index contributed by atoms with van der Waals surface area (Å²) in [5.41, 5.74) is 3.95. The third-order valence-electron chi connectivity index (χ3n) is 3.07. The van der Waals surface area contributed by atoms with E-state index < -0.39 is 0 Å².